The molecule has 0 saturated carbocycles. The van der Waals surface area contributed by atoms with Crippen molar-refractivity contribution in [2.75, 3.05) is 30.9 Å². The molecule has 0 radical (unpaired) electrons. The van der Waals surface area contributed by atoms with Crippen LogP contribution in [0, 0.1) is 5.82 Å². The zero-order valence-corrected chi connectivity index (χ0v) is 19.0. The molecular weight excluding hydrogens is 437 g/mol. The molecule has 1 N–H and O–H groups in total. The number of nitrogens with one attached hydrogen (secondary N) is 1. The monoisotopic (exact) mass is 463 g/mol. The number of hydrogen-bond acceptors (Lipinski definition) is 5. The van der Waals surface area contributed by atoms with Crippen LogP contribution >= 0.6 is 0 Å². The van der Waals surface area contributed by atoms with E-state index in [4.69, 9.17) is 4.74 Å². The van der Waals surface area contributed by atoms with Crippen LogP contribution < -0.4 is 15.0 Å². The second-order valence-electron chi connectivity index (χ2n) is 7.77. The van der Waals surface area contributed by atoms with E-state index in [1.165, 1.54) is 36.1 Å². The van der Waals surface area contributed by atoms with Gasteiger partial charge < -0.3 is 10.1 Å². The number of sulfonamides is 1. The van der Waals surface area contributed by atoms with E-state index in [9.17, 15) is 22.4 Å². The Morgan fingerprint density at radius 3 is 2.34 bits per heavy atom. The normalized spacial score (nSPS) is 19.6. The van der Waals surface area contributed by atoms with Gasteiger partial charge in [-0.3, -0.25) is 14.5 Å². The Bertz CT molecular complexity index is 1090. The van der Waals surface area contributed by atoms with Crippen LogP contribution in [0.15, 0.2) is 48.5 Å². The summed E-state index contributed by atoms with van der Waals surface area (Å²) < 4.78 is 44.0. The van der Waals surface area contributed by atoms with Crippen LogP contribution in [-0.4, -0.2) is 56.0 Å². The lowest BCUT2D eigenvalue weighted by Gasteiger charge is -2.46. The summed E-state index contributed by atoms with van der Waals surface area (Å²) in [5, 5.41) is 2.75. The quantitative estimate of drug-likeness (QED) is 0.677. The van der Waals surface area contributed by atoms with Gasteiger partial charge in [0, 0.05) is 18.8 Å². The van der Waals surface area contributed by atoms with Gasteiger partial charge in [0.15, 0.2) is 0 Å². The summed E-state index contributed by atoms with van der Waals surface area (Å²) >= 11 is 0. The van der Waals surface area contributed by atoms with E-state index >= 15 is 0 Å². The highest BCUT2D eigenvalue weighted by Crippen LogP contribution is 2.31. The smallest absolute Gasteiger partial charge is 0.247 e. The molecule has 1 aliphatic rings. The Kier molecular flexibility index (Phi) is 6.85. The standard InChI is InChI=1S/C22H26FN3O5S/c1-4-31-19-11-9-18(10-12-19)26-20(27)14-25(32(3,29)30)15-22(26,2)21(28)24-13-16-5-7-17(23)8-6-16/h5-12H,4,13-15H2,1-3H3,(H,24,28)/t22-/m1/s1. The predicted molar refractivity (Wildman–Crippen MR) is 118 cm³/mol. The largest absolute Gasteiger partial charge is 0.494 e. The molecule has 1 atom stereocenters. The molecule has 8 nitrogen and oxygen atoms in total. The number of carbonyl (C=O) groups is 2. The maximum Gasteiger partial charge on any atom is 0.247 e. The van der Waals surface area contributed by atoms with Crippen LogP contribution in [0.5, 0.6) is 5.75 Å². The van der Waals surface area contributed by atoms with Crippen LogP contribution in [0.4, 0.5) is 10.1 Å². The fourth-order valence-corrected chi connectivity index (χ4v) is 4.47. The van der Waals surface area contributed by atoms with Crippen molar-refractivity contribution in [2.24, 2.45) is 0 Å². The Morgan fingerprint density at radius 2 is 1.78 bits per heavy atom. The fourth-order valence-electron chi connectivity index (χ4n) is 3.64. The van der Waals surface area contributed by atoms with Gasteiger partial charge in [0.1, 0.15) is 17.1 Å². The second-order valence-corrected chi connectivity index (χ2v) is 9.75. The molecule has 1 heterocycles. The average Bonchev–Trinajstić information content (AvgIpc) is 2.73. The molecule has 2 amide bonds. The Morgan fingerprint density at radius 1 is 1.16 bits per heavy atom. The summed E-state index contributed by atoms with van der Waals surface area (Å²) in [6.07, 6.45) is 1.00. The molecule has 1 fully saturated rings. The molecule has 32 heavy (non-hydrogen) atoms. The minimum Gasteiger partial charge on any atom is -0.494 e. The topological polar surface area (TPSA) is 96.0 Å². The van der Waals surface area contributed by atoms with Gasteiger partial charge in [-0.15, -0.1) is 0 Å². The third-order valence-electron chi connectivity index (χ3n) is 5.27. The number of piperazine rings is 1. The number of carbonyl (C=O) groups excluding carboxylic acids is 2. The molecule has 172 valence electrons. The summed E-state index contributed by atoms with van der Waals surface area (Å²) in [5.41, 5.74) is -0.393. The van der Waals surface area contributed by atoms with Crippen molar-refractivity contribution in [2.45, 2.75) is 25.9 Å². The van der Waals surface area contributed by atoms with E-state index < -0.39 is 33.2 Å². The van der Waals surface area contributed by atoms with Gasteiger partial charge in [0.25, 0.3) is 0 Å². The Hall–Kier alpha value is -2.98. The summed E-state index contributed by atoms with van der Waals surface area (Å²) in [7, 11) is -3.71. The highest BCUT2D eigenvalue weighted by molar-refractivity contribution is 7.88. The van der Waals surface area contributed by atoms with Crippen molar-refractivity contribution in [3.05, 3.63) is 59.9 Å². The summed E-state index contributed by atoms with van der Waals surface area (Å²) in [4.78, 5) is 27.7. The maximum absolute atomic E-state index is 13.3. The first-order chi connectivity index (χ1) is 15.0. The predicted octanol–water partition coefficient (Wildman–Crippen LogP) is 1.91. The van der Waals surface area contributed by atoms with Gasteiger partial charge >= 0.3 is 0 Å². The van der Waals surface area contributed by atoms with Crippen molar-refractivity contribution < 1.29 is 27.1 Å². The third kappa shape index (κ3) is 5.08. The van der Waals surface area contributed by atoms with Gasteiger partial charge in [-0.2, -0.15) is 4.31 Å². The van der Waals surface area contributed by atoms with Crippen molar-refractivity contribution >= 4 is 27.5 Å². The number of amides is 2. The molecule has 0 bridgehead atoms. The highest BCUT2D eigenvalue weighted by Gasteiger charge is 2.50. The van der Waals surface area contributed by atoms with E-state index in [1.807, 2.05) is 6.92 Å². The molecule has 10 heteroatoms. The molecule has 0 spiro atoms. The SMILES string of the molecule is CCOc1ccc(N2C(=O)CN(S(C)(=O)=O)C[C@]2(C)C(=O)NCc2ccc(F)cc2)cc1. The van der Waals surface area contributed by atoms with Gasteiger partial charge in [-0.25, -0.2) is 12.8 Å². The van der Waals surface area contributed by atoms with Crippen LogP contribution in [0.1, 0.15) is 19.4 Å². The number of hydrogen-bond donors (Lipinski definition) is 1. The average molecular weight is 464 g/mol. The summed E-state index contributed by atoms with van der Waals surface area (Å²) in [5.74, 6) is -0.834. The summed E-state index contributed by atoms with van der Waals surface area (Å²) in [6.45, 7) is 3.38. The molecule has 1 saturated heterocycles. The zero-order chi connectivity index (χ0) is 23.5. The Labute approximate surface area is 187 Å². The zero-order valence-electron chi connectivity index (χ0n) is 18.2. The van der Waals surface area contributed by atoms with Crippen LogP contribution in [0.25, 0.3) is 0 Å². The molecule has 1 aliphatic heterocycles. The summed E-state index contributed by atoms with van der Waals surface area (Å²) in [6, 6.07) is 12.3. The van der Waals surface area contributed by atoms with Gasteiger partial charge in [0.05, 0.1) is 19.4 Å². The molecular formula is C22H26FN3O5S. The molecule has 0 aromatic heterocycles. The lowest BCUT2D eigenvalue weighted by atomic mass is 9.94. The van der Waals surface area contributed by atoms with Crippen molar-refractivity contribution in [3.63, 3.8) is 0 Å². The fraction of sp³-hybridized carbons (Fsp3) is 0.364. The molecule has 2 aromatic carbocycles. The van der Waals surface area contributed by atoms with E-state index in [0.29, 0.717) is 23.6 Å². The van der Waals surface area contributed by atoms with Crippen LogP contribution in [0.2, 0.25) is 0 Å². The van der Waals surface area contributed by atoms with E-state index in [0.717, 1.165) is 10.6 Å². The minimum atomic E-state index is -3.71. The van der Waals surface area contributed by atoms with Crippen LogP contribution in [0.3, 0.4) is 0 Å². The van der Waals surface area contributed by atoms with E-state index in [2.05, 4.69) is 5.32 Å². The number of anilines is 1. The van der Waals surface area contributed by atoms with Gasteiger partial charge in [-0.1, -0.05) is 12.1 Å². The minimum absolute atomic E-state index is 0.0961. The molecule has 0 aliphatic carbocycles. The Balaban J connectivity index is 1.92. The second kappa shape index (κ2) is 9.25. The number of benzene rings is 2. The molecule has 2 aromatic rings. The number of rotatable bonds is 7. The lowest BCUT2D eigenvalue weighted by molar-refractivity contribution is -0.133. The number of nitrogens with zero attached hydrogens (tertiary/aromatic N) is 2. The molecule has 3 rings (SSSR count). The number of halogens is 1. The van der Waals surface area contributed by atoms with Crippen molar-refractivity contribution in [3.8, 4) is 5.75 Å². The van der Waals surface area contributed by atoms with E-state index in [-0.39, 0.29) is 19.6 Å². The molecule has 0 unspecified atom stereocenters. The first-order valence-corrected chi connectivity index (χ1v) is 11.9. The first kappa shape index (κ1) is 23.7. The van der Waals surface area contributed by atoms with E-state index in [1.54, 1.807) is 24.3 Å². The first-order valence-electron chi connectivity index (χ1n) is 10.1. The lowest BCUT2D eigenvalue weighted by Crippen LogP contribution is -2.70. The van der Waals surface area contributed by atoms with Gasteiger partial charge in [0.2, 0.25) is 21.8 Å². The maximum atomic E-state index is 13.3. The van der Waals surface area contributed by atoms with Gasteiger partial charge in [-0.05, 0) is 55.8 Å². The van der Waals surface area contributed by atoms with Crippen molar-refractivity contribution in [1.29, 1.82) is 0 Å². The highest BCUT2D eigenvalue weighted by atomic mass is 32.2. The number of ether oxygens (including phenoxy) is 1. The van der Waals surface area contributed by atoms with Crippen LogP contribution in [-0.2, 0) is 26.2 Å². The van der Waals surface area contributed by atoms with Crippen molar-refractivity contribution in [1.82, 2.24) is 9.62 Å². The third-order valence-corrected chi connectivity index (χ3v) is 6.47.